The third-order valence-electron chi connectivity index (χ3n) is 5.44. The minimum atomic E-state index is 0.187. The summed E-state index contributed by atoms with van der Waals surface area (Å²) in [7, 11) is 0. The van der Waals surface area contributed by atoms with Crippen molar-refractivity contribution in [1.82, 2.24) is 4.57 Å². The van der Waals surface area contributed by atoms with Crippen molar-refractivity contribution in [2.75, 3.05) is 0 Å². The minimum Gasteiger partial charge on any atom is -0.340 e. The Morgan fingerprint density at radius 2 is 1.48 bits per heavy atom. The summed E-state index contributed by atoms with van der Waals surface area (Å²) in [4.78, 5) is 0. The van der Waals surface area contributed by atoms with Crippen molar-refractivity contribution in [2.24, 2.45) is 0 Å². The Labute approximate surface area is 153 Å². The Morgan fingerprint density at radius 1 is 0.800 bits per heavy atom. The second-order valence-electron chi connectivity index (χ2n) is 8.40. The SMILES string of the molecule is CCCCCCn1c2cc(CC)ccc2c2ccc(C(C)(C)C)cc21. The van der Waals surface area contributed by atoms with Gasteiger partial charge in [-0.3, -0.25) is 0 Å². The zero-order chi connectivity index (χ0) is 18.0. The zero-order valence-corrected chi connectivity index (χ0v) is 16.7. The standard InChI is InChI=1S/C24H33N/c1-6-8-9-10-15-25-22-16-18(7-2)11-13-20(22)21-14-12-19(17-23(21)25)24(3,4)5/h11-14,16-17H,6-10,15H2,1-5H3. The molecule has 3 aromatic rings. The molecule has 0 fully saturated rings. The molecule has 0 aliphatic rings. The summed E-state index contributed by atoms with van der Waals surface area (Å²) >= 11 is 0. The van der Waals surface area contributed by atoms with E-state index < -0.39 is 0 Å². The molecular formula is C24H33N. The van der Waals surface area contributed by atoms with Gasteiger partial charge in [-0.25, -0.2) is 0 Å². The van der Waals surface area contributed by atoms with Crippen LogP contribution in [0.15, 0.2) is 36.4 Å². The lowest BCUT2D eigenvalue weighted by Crippen LogP contribution is -2.11. The maximum atomic E-state index is 2.58. The van der Waals surface area contributed by atoms with Crippen LogP contribution in [0.1, 0.15) is 71.4 Å². The molecule has 2 aromatic carbocycles. The van der Waals surface area contributed by atoms with Crippen LogP contribution in [0.5, 0.6) is 0 Å². The van der Waals surface area contributed by atoms with E-state index >= 15 is 0 Å². The first-order valence-corrected chi connectivity index (χ1v) is 10.0. The van der Waals surface area contributed by atoms with E-state index in [1.54, 1.807) is 0 Å². The van der Waals surface area contributed by atoms with Crippen molar-refractivity contribution >= 4 is 21.8 Å². The Kier molecular flexibility index (Phi) is 5.22. The second-order valence-corrected chi connectivity index (χ2v) is 8.40. The van der Waals surface area contributed by atoms with E-state index in [9.17, 15) is 0 Å². The number of nitrogens with zero attached hydrogens (tertiary/aromatic N) is 1. The molecule has 25 heavy (non-hydrogen) atoms. The molecule has 1 nitrogen and oxygen atoms in total. The van der Waals surface area contributed by atoms with Crippen molar-refractivity contribution in [3.05, 3.63) is 47.5 Å². The highest BCUT2D eigenvalue weighted by Crippen LogP contribution is 2.33. The van der Waals surface area contributed by atoms with Crippen LogP contribution in [0.2, 0.25) is 0 Å². The second kappa shape index (κ2) is 7.23. The van der Waals surface area contributed by atoms with E-state index in [4.69, 9.17) is 0 Å². The highest BCUT2D eigenvalue weighted by Gasteiger charge is 2.17. The third-order valence-corrected chi connectivity index (χ3v) is 5.44. The van der Waals surface area contributed by atoms with Crippen molar-refractivity contribution in [1.29, 1.82) is 0 Å². The molecule has 0 saturated carbocycles. The largest absolute Gasteiger partial charge is 0.340 e. The van der Waals surface area contributed by atoms with Gasteiger partial charge in [0, 0.05) is 28.4 Å². The summed E-state index contributed by atoms with van der Waals surface area (Å²) in [6, 6.07) is 14.1. The monoisotopic (exact) mass is 335 g/mol. The number of hydrogen-bond acceptors (Lipinski definition) is 0. The summed E-state index contributed by atoms with van der Waals surface area (Å²) < 4.78 is 2.58. The zero-order valence-electron chi connectivity index (χ0n) is 16.7. The molecule has 0 unspecified atom stereocenters. The van der Waals surface area contributed by atoms with Gasteiger partial charge in [-0.15, -0.1) is 0 Å². The van der Waals surface area contributed by atoms with Gasteiger partial charge in [0.2, 0.25) is 0 Å². The van der Waals surface area contributed by atoms with Gasteiger partial charge in [-0.2, -0.15) is 0 Å². The molecule has 1 aromatic heterocycles. The number of unbranched alkanes of at least 4 members (excludes halogenated alkanes) is 3. The fraction of sp³-hybridized carbons (Fsp3) is 0.500. The van der Waals surface area contributed by atoms with E-state index in [0.717, 1.165) is 13.0 Å². The number of rotatable bonds is 6. The van der Waals surface area contributed by atoms with Crippen LogP contribution in [0.3, 0.4) is 0 Å². The number of aromatic nitrogens is 1. The average molecular weight is 336 g/mol. The Balaban J connectivity index is 2.16. The molecular weight excluding hydrogens is 302 g/mol. The smallest absolute Gasteiger partial charge is 0.0494 e. The van der Waals surface area contributed by atoms with E-state index in [1.807, 2.05) is 0 Å². The van der Waals surface area contributed by atoms with Gasteiger partial charge in [-0.05, 0) is 41.5 Å². The van der Waals surface area contributed by atoms with Crippen LogP contribution in [0, 0.1) is 0 Å². The third kappa shape index (κ3) is 3.61. The molecule has 3 rings (SSSR count). The maximum Gasteiger partial charge on any atom is 0.0494 e. The maximum absolute atomic E-state index is 2.58. The Bertz CT molecular complexity index is 861. The predicted octanol–water partition coefficient (Wildman–Crippen LogP) is 7.23. The lowest BCUT2D eigenvalue weighted by atomic mass is 9.86. The van der Waals surface area contributed by atoms with Crippen LogP contribution in [0.25, 0.3) is 21.8 Å². The van der Waals surface area contributed by atoms with Crippen LogP contribution < -0.4 is 0 Å². The van der Waals surface area contributed by atoms with E-state index in [1.165, 1.54) is 58.6 Å². The van der Waals surface area contributed by atoms with Crippen LogP contribution in [-0.2, 0) is 18.4 Å². The molecule has 0 aliphatic heterocycles. The quantitative estimate of drug-likeness (QED) is 0.418. The van der Waals surface area contributed by atoms with Crippen LogP contribution in [-0.4, -0.2) is 4.57 Å². The summed E-state index contributed by atoms with van der Waals surface area (Å²) in [6.07, 6.45) is 6.32. The summed E-state index contributed by atoms with van der Waals surface area (Å²) in [6.45, 7) is 12.6. The topological polar surface area (TPSA) is 4.93 Å². The molecule has 0 atom stereocenters. The fourth-order valence-electron chi connectivity index (χ4n) is 3.76. The molecule has 0 radical (unpaired) electrons. The molecule has 1 heteroatoms. The molecule has 0 aliphatic carbocycles. The van der Waals surface area contributed by atoms with E-state index in [2.05, 4.69) is 75.6 Å². The first-order valence-electron chi connectivity index (χ1n) is 10.0. The van der Waals surface area contributed by atoms with Crippen molar-refractivity contribution < 1.29 is 0 Å². The summed E-state index contributed by atoms with van der Waals surface area (Å²) in [5.41, 5.74) is 5.87. The van der Waals surface area contributed by atoms with Crippen LogP contribution >= 0.6 is 0 Å². The minimum absolute atomic E-state index is 0.187. The molecule has 134 valence electrons. The van der Waals surface area contributed by atoms with Gasteiger partial charge in [0.25, 0.3) is 0 Å². The molecule has 0 N–H and O–H groups in total. The molecule has 0 amide bonds. The number of fused-ring (bicyclic) bond motifs is 3. The van der Waals surface area contributed by atoms with Gasteiger partial charge in [0.05, 0.1) is 0 Å². The highest BCUT2D eigenvalue weighted by atomic mass is 15.0. The van der Waals surface area contributed by atoms with E-state index in [0.29, 0.717) is 0 Å². The van der Waals surface area contributed by atoms with Crippen molar-refractivity contribution in [3.63, 3.8) is 0 Å². The van der Waals surface area contributed by atoms with Gasteiger partial charge in [0.15, 0.2) is 0 Å². The molecule has 0 saturated heterocycles. The van der Waals surface area contributed by atoms with Gasteiger partial charge in [-0.1, -0.05) is 78.1 Å². The average Bonchev–Trinajstić information content (AvgIpc) is 2.90. The molecule has 1 heterocycles. The Hall–Kier alpha value is -1.76. The van der Waals surface area contributed by atoms with Gasteiger partial charge >= 0.3 is 0 Å². The number of hydrogen-bond donors (Lipinski definition) is 0. The normalized spacial score (nSPS) is 12.4. The summed E-state index contributed by atoms with van der Waals surface area (Å²) in [5.74, 6) is 0. The number of aryl methyl sites for hydroxylation is 2. The van der Waals surface area contributed by atoms with Crippen molar-refractivity contribution in [2.45, 2.75) is 78.7 Å². The Morgan fingerprint density at radius 3 is 2.12 bits per heavy atom. The fourth-order valence-corrected chi connectivity index (χ4v) is 3.76. The lowest BCUT2D eigenvalue weighted by molar-refractivity contribution is 0.588. The first-order chi connectivity index (χ1) is 12.0. The predicted molar refractivity (Wildman–Crippen MR) is 112 cm³/mol. The van der Waals surface area contributed by atoms with Gasteiger partial charge in [0.1, 0.15) is 0 Å². The highest BCUT2D eigenvalue weighted by molar-refractivity contribution is 6.08. The van der Waals surface area contributed by atoms with Gasteiger partial charge < -0.3 is 4.57 Å². The lowest BCUT2D eigenvalue weighted by Gasteiger charge is -2.19. The van der Waals surface area contributed by atoms with Crippen molar-refractivity contribution in [3.8, 4) is 0 Å². The number of benzene rings is 2. The van der Waals surface area contributed by atoms with E-state index in [-0.39, 0.29) is 5.41 Å². The molecule has 0 bridgehead atoms. The summed E-state index contributed by atoms with van der Waals surface area (Å²) in [5, 5.41) is 2.81. The van der Waals surface area contributed by atoms with Crippen LogP contribution in [0.4, 0.5) is 0 Å². The molecule has 0 spiro atoms. The first kappa shape index (κ1) is 18.0.